The predicted octanol–water partition coefficient (Wildman–Crippen LogP) is 2.61. The number of benzene rings is 1. The van der Waals surface area contributed by atoms with Crippen LogP contribution in [0.1, 0.15) is 28.0 Å². The molecule has 5 rings (SSSR count). The lowest BCUT2D eigenvalue weighted by molar-refractivity contribution is 0.00755. The summed E-state index contributed by atoms with van der Waals surface area (Å²) < 4.78 is 12.8. The molecule has 0 radical (unpaired) electrons. The summed E-state index contributed by atoms with van der Waals surface area (Å²) >= 11 is 0. The number of anilines is 1. The minimum absolute atomic E-state index is 0.246. The highest BCUT2D eigenvalue weighted by Crippen LogP contribution is 2.26. The Labute approximate surface area is 172 Å². The Morgan fingerprint density at radius 1 is 1.30 bits per heavy atom. The maximum atomic E-state index is 12.9. The van der Waals surface area contributed by atoms with E-state index in [-0.39, 0.29) is 12.0 Å². The van der Waals surface area contributed by atoms with Crippen LogP contribution in [0.2, 0.25) is 0 Å². The molecule has 1 aliphatic rings. The lowest BCUT2D eigenvalue weighted by Crippen LogP contribution is -2.33. The number of aromatic nitrogens is 4. The fourth-order valence-electron chi connectivity index (χ4n) is 3.39. The van der Waals surface area contributed by atoms with E-state index in [0.717, 1.165) is 17.7 Å². The van der Waals surface area contributed by atoms with Crippen LogP contribution in [0, 0.1) is 6.92 Å². The zero-order valence-electron chi connectivity index (χ0n) is 16.3. The zero-order chi connectivity index (χ0) is 20.5. The van der Waals surface area contributed by atoms with Crippen molar-refractivity contribution in [3.63, 3.8) is 0 Å². The van der Waals surface area contributed by atoms with Gasteiger partial charge in [0.2, 0.25) is 5.82 Å². The molecule has 1 atom stereocenters. The molecule has 1 aromatic carbocycles. The minimum Gasteiger partial charge on any atom is -0.366 e. The van der Waals surface area contributed by atoms with Crippen LogP contribution in [0.5, 0.6) is 0 Å². The number of nitrogens with zero attached hydrogens (tertiary/aromatic N) is 4. The molecule has 1 aliphatic heterocycles. The molecule has 2 N–H and O–H groups in total. The quantitative estimate of drug-likeness (QED) is 0.538. The number of fused-ring (bicyclic) bond motifs is 1. The third-order valence-electron chi connectivity index (χ3n) is 5.04. The number of carbonyl (C=O) groups excluding carboxylic acids is 1. The van der Waals surface area contributed by atoms with Gasteiger partial charge in [0.1, 0.15) is 17.4 Å². The van der Waals surface area contributed by atoms with E-state index < -0.39 is 0 Å². The summed E-state index contributed by atoms with van der Waals surface area (Å²) in [6, 6.07) is 11.2. The van der Waals surface area contributed by atoms with E-state index in [1.165, 1.54) is 0 Å². The Morgan fingerprint density at radius 2 is 2.23 bits per heavy atom. The summed E-state index contributed by atoms with van der Waals surface area (Å²) in [5.41, 5.74) is 3.51. The Hall–Kier alpha value is -3.56. The van der Waals surface area contributed by atoms with Gasteiger partial charge >= 0.3 is 0 Å². The molecule has 0 bridgehead atoms. The van der Waals surface area contributed by atoms with E-state index in [4.69, 9.17) is 9.26 Å². The number of imidazole rings is 1. The molecule has 3 aromatic heterocycles. The molecule has 0 spiro atoms. The average molecular weight is 404 g/mol. The monoisotopic (exact) mass is 404 g/mol. The number of aryl methyl sites for hydroxylation is 1. The first-order valence-corrected chi connectivity index (χ1v) is 9.69. The van der Waals surface area contributed by atoms with Crippen LogP contribution in [-0.2, 0) is 4.74 Å². The van der Waals surface area contributed by atoms with Crippen LogP contribution in [0.4, 0.5) is 5.69 Å². The van der Waals surface area contributed by atoms with E-state index in [0.29, 0.717) is 41.9 Å². The summed E-state index contributed by atoms with van der Waals surface area (Å²) in [4.78, 5) is 21.6. The van der Waals surface area contributed by atoms with E-state index in [1.807, 2.05) is 49.5 Å². The molecule has 30 heavy (non-hydrogen) atoms. The summed E-state index contributed by atoms with van der Waals surface area (Å²) in [5.74, 6) is 0.642. The second kappa shape index (κ2) is 7.69. The van der Waals surface area contributed by atoms with Crippen LogP contribution < -0.4 is 10.6 Å². The van der Waals surface area contributed by atoms with Gasteiger partial charge in [0.15, 0.2) is 0 Å². The first kappa shape index (κ1) is 18.5. The van der Waals surface area contributed by atoms with Gasteiger partial charge in [-0.3, -0.25) is 9.20 Å². The van der Waals surface area contributed by atoms with Gasteiger partial charge in [0.25, 0.3) is 11.8 Å². The highest BCUT2D eigenvalue weighted by molar-refractivity contribution is 6.04. The van der Waals surface area contributed by atoms with Crippen molar-refractivity contribution in [3.05, 3.63) is 65.9 Å². The highest BCUT2D eigenvalue weighted by Gasteiger charge is 2.23. The average Bonchev–Trinajstić information content (AvgIpc) is 3.43. The summed E-state index contributed by atoms with van der Waals surface area (Å²) in [6.07, 6.45) is 3.12. The van der Waals surface area contributed by atoms with Gasteiger partial charge in [-0.2, -0.15) is 4.98 Å². The summed E-state index contributed by atoms with van der Waals surface area (Å²) in [6.45, 7) is 3.98. The van der Waals surface area contributed by atoms with Gasteiger partial charge in [-0.25, -0.2) is 4.98 Å². The highest BCUT2D eigenvalue weighted by atomic mass is 16.5. The maximum Gasteiger partial charge on any atom is 0.274 e. The maximum absolute atomic E-state index is 12.9. The smallest absolute Gasteiger partial charge is 0.274 e. The molecule has 1 fully saturated rings. The van der Waals surface area contributed by atoms with E-state index in [9.17, 15) is 4.79 Å². The Balaban J connectivity index is 1.40. The third kappa shape index (κ3) is 3.44. The molecule has 4 aromatic rings. The number of pyridine rings is 1. The molecular weight excluding hydrogens is 384 g/mol. The fraction of sp³-hybridized carbons (Fsp3) is 0.238. The van der Waals surface area contributed by atoms with Crippen molar-refractivity contribution >= 4 is 17.2 Å². The van der Waals surface area contributed by atoms with Crippen molar-refractivity contribution in [2.24, 2.45) is 0 Å². The zero-order valence-corrected chi connectivity index (χ0v) is 16.3. The molecule has 0 aliphatic carbocycles. The fourth-order valence-corrected chi connectivity index (χ4v) is 3.39. The Kier molecular flexibility index (Phi) is 4.74. The molecule has 9 nitrogen and oxygen atoms in total. The van der Waals surface area contributed by atoms with Gasteiger partial charge in [-0.15, -0.1) is 0 Å². The van der Waals surface area contributed by atoms with Gasteiger partial charge in [-0.05, 0) is 30.7 Å². The normalized spacial score (nSPS) is 16.6. The van der Waals surface area contributed by atoms with Crippen molar-refractivity contribution in [2.75, 3.05) is 25.0 Å². The van der Waals surface area contributed by atoms with E-state index >= 15 is 0 Å². The number of amides is 1. The molecule has 1 amide bonds. The largest absolute Gasteiger partial charge is 0.366 e. The van der Waals surface area contributed by atoms with E-state index in [1.54, 1.807) is 10.6 Å². The summed E-state index contributed by atoms with van der Waals surface area (Å²) in [5, 5.41) is 10.3. The number of morpholine rings is 1. The minimum atomic E-state index is -0.250. The van der Waals surface area contributed by atoms with Gasteiger partial charge < -0.3 is 19.9 Å². The number of ether oxygens (including phenoxy) is 1. The second-order valence-electron chi connectivity index (χ2n) is 7.08. The van der Waals surface area contributed by atoms with Crippen molar-refractivity contribution in [1.82, 2.24) is 24.8 Å². The predicted molar refractivity (Wildman–Crippen MR) is 109 cm³/mol. The first-order valence-electron chi connectivity index (χ1n) is 9.69. The molecule has 9 heteroatoms. The van der Waals surface area contributed by atoms with Gasteiger partial charge in [-0.1, -0.05) is 23.4 Å². The van der Waals surface area contributed by atoms with Crippen LogP contribution in [0.25, 0.3) is 17.0 Å². The lowest BCUT2D eigenvalue weighted by atomic mass is 10.1. The molecular formula is C21H20N6O3. The topological polar surface area (TPSA) is 107 Å². The van der Waals surface area contributed by atoms with Gasteiger partial charge in [0, 0.05) is 30.5 Å². The van der Waals surface area contributed by atoms with Crippen LogP contribution >= 0.6 is 0 Å². The third-order valence-corrected chi connectivity index (χ3v) is 5.04. The standard InChI is InChI=1S/C21H20N6O3/c1-13-5-6-14(19-25-21(30-26-19)17-12-22-7-9-29-17)10-15(13)24-20(28)16-11-23-18-4-2-3-8-27(16)18/h2-6,8,10-11,17,22H,7,9,12H2,1H3,(H,24,28)/t17-/m1/s1. The first-order chi connectivity index (χ1) is 14.7. The van der Waals surface area contributed by atoms with Crippen molar-refractivity contribution in [3.8, 4) is 11.4 Å². The SMILES string of the molecule is Cc1ccc(-c2noc([C@H]3CNCCO3)n2)cc1NC(=O)c1cnc2ccccn12. The number of hydrogen-bond acceptors (Lipinski definition) is 7. The van der Waals surface area contributed by atoms with Crippen LogP contribution in [-0.4, -0.2) is 45.1 Å². The molecule has 4 heterocycles. The van der Waals surface area contributed by atoms with Crippen molar-refractivity contribution < 1.29 is 14.1 Å². The molecule has 0 saturated carbocycles. The Morgan fingerprint density at radius 3 is 3.10 bits per heavy atom. The Bertz CT molecular complexity index is 1210. The van der Waals surface area contributed by atoms with Gasteiger partial charge in [0.05, 0.1) is 12.8 Å². The number of carbonyl (C=O) groups is 1. The number of rotatable bonds is 4. The molecule has 1 saturated heterocycles. The molecule has 152 valence electrons. The van der Waals surface area contributed by atoms with E-state index in [2.05, 4.69) is 25.8 Å². The van der Waals surface area contributed by atoms with Crippen molar-refractivity contribution in [2.45, 2.75) is 13.0 Å². The van der Waals surface area contributed by atoms with Crippen molar-refractivity contribution in [1.29, 1.82) is 0 Å². The lowest BCUT2D eigenvalue weighted by Gasteiger charge is -2.19. The van der Waals surface area contributed by atoms with Crippen LogP contribution in [0.15, 0.2) is 53.3 Å². The number of hydrogen-bond donors (Lipinski definition) is 2. The second-order valence-corrected chi connectivity index (χ2v) is 7.08. The summed E-state index contributed by atoms with van der Waals surface area (Å²) in [7, 11) is 0. The number of nitrogens with one attached hydrogen (secondary N) is 2. The van der Waals surface area contributed by atoms with Crippen LogP contribution in [0.3, 0.4) is 0 Å². The molecule has 0 unspecified atom stereocenters.